The monoisotopic (exact) mass is 528 g/mol. The van der Waals surface area contributed by atoms with Gasteiger partial charge in [-0.15, -0.1) is 0 Å². The first-order valence-corrected chi connectivity index (χ1v) is 13.8. The number of carbonyl (C=O) groups is 1. The summed E-state index contributed by atoms with van der Waals surface area (Å²) in [6, 6.07) is 9.81. The van der Waals surface area contributed by atoms with Crippen LogP contribution in [0, 0.1) is 5.82 Å². The van der Waals surface area contributed by atoms with Crippen LogP contribution in [0.1, 0.15) is 48.2 Å². The van der Waals surface area contributed by atoms with E-state index in [2.05, 4.69) is 29.1 Å². The van der Waals surface area contributed by atoms with E-state index in [0.29, 0.717) is 41.4 Å². The summed E-state index contributed by atoms with van der Waals surface area (Å²) in [6.45, 7) is 4.76. The molecule has 1 fully saturated rings. The number of benzene rings is 2. The number of rotatable bonds is 5. The molecule has 1 saturated carbocycles. The molecule has 1 aliphatic carbocycles. The molecule has 3 aromatic rings. The van der Waals surface area contributed by atoms with Crippen LogP contribution in [0.3, 0.4) is 0 Å². The standard InChI is InChI=1S/C26H26ClFN4O3S/c1-25(2)14-32(3)23(33)17-7-5-15(11-18(17)25)22-20(27)13-29-24(31-22)30-16-6-8-21(28)19(12-16)26(9-10-26)36(4,34)35/h5-8,11-13H,9-10,14H2,1-4H3,(H,29,30,31). The Morgan fingerprint density at radius 3 is 2.50 bits per heavy atom. The van der Waals surface area contributed by atoms with Gasteiger partial charge in [-0.2, -0.15) is 0 Å². The number of hydrogen-bond acceptors (Lipinski definition) is 6. The Labute approximate surface area is 214 Å². The Morgan fingerprint density at radius 1 is 1.11 bits per heavy atom. The fourth-order valence-corrected chi connectivity index (χ4v) is 6.66. The van der Waals surface area contributed by atoms with Crippen LogP contribution in [-0.4, -0.2) is 49.0 Å². The maximum absolute atomic E-state index is 14.6. The van der Waals surface area contributed by atoms with Crippen LogP contribution in [0.5, 0.6) is 0 Å². The van der Waals surface area contributed by atoms with Crippen LogP contribution in [-0.2, 0) is 20.0 Å². The molecule has 0 bridgehead atoms. The number of nitrogens with one attached hydrogen (secondary N) is 1. The predicted molar refractivity (Wildman–Crippen MR) is 138 cm³/mol. The Kier molecular flexibility index (Phi) is 5.64. The lowest BCUT2D eigenvalue weighted by Gasteiger charge is -2.37. The van der Waals surface area contributed by atoms with Gasteiger partial charge in [-0.1, -0.05) is 31.5 Å². The van der Waals surface area contributed by atoms with Crippen LogP contribution in [0.2, 0.25) is 5.02 Å². The summed E-state index contributed by atoms with van der Waals surface area (Å²) in [5.74, 6) is -0.358. The molecule has 188 valence electrons. The average molecular weight is 529 g/mol. The molecule has 36 heavy (non-hydrogen) atoms. The molecule has 1 aromatic heterocycles. The van der Waals surface area contributed by atoms with Crippen LogP contribution in [0.25, 0.3) is 11.3 Å². The van der Waals surface area contributed by atoms with E-state index in [1.54, 1.807) is 18.0 Å². The van der Waals surface area contributed by atoms with Crippen LogP contribution in [0.4, 0.5) is 16.0 Å². The van der Waals surface area contributed by atoms with E-state index < -0.39 is 20.4 Å². The number of nitrogens with zero attached hydrogens (tertiary/aromatic N) is 3. The first-order chi connectivity index (χ1) is 16.8. The Bertz CT molecular complexity index is 1520. The topological polar surface area (TPSA) is 92.3 Å². The van der Waals surface area contributed by atoms with E-state index in [0.717, 1.165) is 17.4 Å². The number of amides is 1. The van der Waals surface area contributed by atoms with Crippen molar-refractivity contribution in [1.82, 2.24) is 14.9 Å². The van der Waals surface area contributed by atoms with E-state index in [1.165, 1.54) is 24.4 Å². The van der Waals surface area contributed by atoms with Gasteiger partial charge in [0, 0.05) is 47.6 Å². The minimum absolute atomic E-state index is 0.0262. The zero-order chi connectivity index (χ0) is 26.0. The number of halogens is 2. The molecule has 0 spiro atoms. The number of likely N-dealkylation sites (N-methyl/N-ethyl adjacent to an activating group) is 1. The van der Waals surface area contributed by atoms with E-state index in [9.17, 15) is 17.6 Å². The van der Waals surface area contributed by atoms with Gasteiger partial charge in [0.2, 0.25) is 5.95 Å². The molecule has 2 heterocycles. The molecule has 1 N–H and O–H groups in total. The second kappa shape index (κ2) is 8.24. The summed E-state index contributed by atoms with van der Waals surface area (Å²) in [5, 5.41) is 3.39. The molecular formula is C26H26ClFN4O3S. The normalized spacial score (nSPS) is 18.1. The van der Waals surface area contributed by atoms with Crippen LogP contribution >= 0.6 is 11.6 Å². The fraction of sp³-hybridized carbons (Fsp3) is 0.346. The fourth-order valence-electron chi connectivity index (χ4n) is 5.06. The zero-order valence-corrected chi connectivity index (χ0v) is 22.0. The molecule has 7 nitrogen and oxygen atoms in total. The molecule has 0 saturated heterocycles. The van der Waals surface area contributed by atoms with Gasteiger partial charge in [0.05, 0.1) is 21.7 Å². The zero-order valence-electron chi connectivity index (χ0n) is 20.4. The molecule has 1 amide bonds. The second-order valence-electron chi connectivity index (χ2n) is 10.3. The van der Waals surface area contributed by atoms with Gasteiger partial charge >= 0.3 is 0 Å². The summed E-state index contributed by atoms with van der Waals surface area (Å²) in [6.07, 6.45) is 3.39. The number of anilines is 2. The SMILES string of the molecule is CN1CC(C)(C)c2cc(-c3nc(Nc4ccc(F)c(C5(S(C)(=O)=O)CC5)c4)ncc3Cl)ccc2C1=O. The molecule has 5 rings (SSSR count). The van der Waals surface area contributed by atoms with Gasteiger partial charge in [-0.3, -0.25) is 4.79 Å². The van der Waals surface area contributed by atoms with Crippen molar-refractivity contribution in [3.05, 3.63) is 70.1 Å². The molecule has 10 heteroatoms. The number of hydrogen-bond donors (Lipinski definition) is 1. The van der Waals surface area contributed by atoms with E-state index in [-0.39, 0.29) is 22.8 Å². The van der Waals surface area contributed by atoms with Gasteiger partial charge in [-0.05, 0) is 48.7 Å². The molecule has 1 aliphatic heterocycles. The highest BCUT2D eigenvalue weighted by molar-refractivity contribution is 7.92. The van der Waals surface area contributed by atoms with Crippen LogP contribution < -0.4 is 5.32 Å². The predicted octanol–water partition coefficient (Wildman–Crippen LogP) is 5.08. The number of aromatic nitrogens is 2. The maximum Gasteiger partial charge on any atom is 0.253 e. The number of carbonyl (C=O) groups excluding carboxylic acids is 1. The van der Waals surface area contributed by atoms with Gasteiger partial charge in [-0.25, -0.2) is 22.8 Å². The van der Waals surface area contributed by atoms with E-state index in [1.807, 2.05) is 12.1 Å². The largest absolute Gasteiger partial charge is 0.341 e. The van der Waals surface area contributed by atoms with Crippen molar-refractivity contribution in [1.29, 1.82) is 0 Å². The summed E-state index contributed by atoms with van der Waals surface area (Å²) in [5.41, 5.74) is 3.16. The van der Waals surface area contributed by atoms with Gasteiger partial charge in [0.1, 0.15) is 5.82 Å². The maximum atomic E-state index is 14.6. The van der Waals surface area contributed by atoms with Crippen molar-refractivity contribution in [2.45, 2.75) is 36.9 Å². The van der Waals surface area contributed by atoms with Gasteiger partial charge in [0.15, 0.2) is 9.84 Å². The van der Waals surface area contributed by atoms with Crippen molar-refractivity contribution in [2.24, 2.45) is 0 Å². The first-order valence-electron chi connectivity index (χ1n) is 11.5. The molecule has 0 radical (unpaired) electrons. The average Bonchev–Trinajstić information content (AvgIpc) is 3.62. The lowest BCUT2D eigenvalue weighted by molar-refractivity contribution is 0.0737. The highest BCUT2D eigenvalue weighted by Crippen LogP contribution is 2.53. The van der Waals surface area contributed by atoms with Crippen molar-refractivity contribution in [3.8, 4) is 11.3 Å². The minimum atomic E-state index is -3.47. The molecule has 0 atom stereocenters. The summed E-state index contributed by atoms with van der Waals surface area (Å²) in [7, 11) is -1.68. The Hall–Kier alpha value is -3.04. The third kappa shape index (κ3) is 4.04. The Morgan fingerprint density at radius 2 is 1.83 bits per heavy atom. The van der Waals surface area contributed by atoms with Crippen molar-refractivity contribution < 1.29 is 17.6 Å². The van der Waals surface area contributed by atoms with Gasteiger partial charge < -0.3 is 10.2 Å². The third-order valence-corrected chi connectivity index (χ3v) is 9.43. The third-order valence-electron chi connectivity index (χ3n) is 7.10. The van der Waals surface area contributed by atoms with Gasteiger partial charge in [0.25, 0.3) is 5.91 Å². The van der Waals surface area contributed by atoms with E-state index in [4.69, 9.17) is 11.6 Å². The van der Waals surface area contributed by atoms with E-state index >= 15 is 0 Å². The summed E-state index contributed by atoms with van der Waals surface area (Å²) in [4.78, 5) is 23.2. The number of sulfone groups is 1. The summed E-state index contributed by atoms with van der Waals surface area (Å²) >= 11 is 6.46. The van der Waals surface area contributed by atoms with Crippen molar-refractivity contribution in [2.75, 3.05) is 25.2 Å². The van der Waals surface area contributed by atoms with Crippen molar-refractivity contribution in [3.63, 3.8) is 0 Å². The van der Waals surface area contributed by atoms with Crippen molar-refractivity contribution >= 4 is 39.0 Å². The molecule has 0 unspecified atom stereocenters. The lowest BCUT2D eigenvalue weighted by Crippen LogP contribution is -2.44. The minimum Gasteiger partial charge on any atom is -0.341 e. The number of fused-ring (bicyclic) bond motifs is 1. The highest BCUT2D eigenvalue weighted by atomic mass is 35.5. The second-order valence-corrected chi connectivity index (χ2v) is 13.0. The molecule has 2 aliphatic rings. The molecular weight excluding hydrogens is 503 g/mol. The van der Waals surface area contributed by atoms with Crippen LogP contribution in [0.15, 0.2) is 42.6 Å². The Balaban J connectivity index is 1.50. The quantitative estimate of drug-likeness (QED) is 0.496. The summed E-state index contributed by atoms with van der Waals surface area (Å²) < 4.78 is 38.0. The highest BCUT2D eigenvalue weighted by Gasteiger charge is 2.55. The lowest BCUT2D eigenvalue weighted by atomic mass is 9.77. The molecule has 2 aromatic carbocycles. The first kappa shape index (κ1) is 24.6. The smallest absolute Gasteiger partial charge is 0.253 e.